The Morgan fingerprint density at radius 3 is 2.46 bits per heavy atom. The van der Waals surface area contributed by atoms with Crippen molar-refractivity contribution >= 4 is 17.5 Å². The van der Waals surface area contributed by atoms with Crippen molar-refractivity contribution in [1.82, 2.24) is 10.2 Å². The first kappa shape index (κ1) is 18.9. The molecule has 1 aromatic carbocycles. The number of hydrogen-bond acceptors (Lipinski definition) is 3. The van der Waals surface area contributed by atoms with Crippen molar-refractivity contribution in [3.63, 3.8) is 0 Å². The molecule has 2 aliphatic rings. The average molecular weight is 357 g/mol. The summed E-state index contributed by atoms with van der Waals surface area (Å²) in [5.41, 5.74) is 0.872. The fourth-order valence-corrected chi connectivity index (χ4v) is 4.48. The summed E-state index contributed by atoms with van der Waals surface area (Å²) >= 11 is 0. The van der Waals surface area contributed by atoms with Gasteiger partial charge in [0, 0.05) is 44.3 Å². The zero-order valence-corrected chi connectivity index (χ0v) is 16.1. The van der Waals surface area contributed by atoms with E-state index in [0.29, 0.717) is 24.8 Å². The van der Waals surface area contributed by atoms with E-state index in [1.54, 1.807) is 4.90 Å². The molecule has 3 rings (SSSR count). The Balaban J connectivity index is 1.51. The summed E-state index contributed by atoms with van der Waals surface area (Å²) in [6.07, 6.45) is 1.59. The second-order valence-electron chi connectivity index (χ2n) is 8.32. The van der Waals surface area contributed by atoms with Gasteiger partial charge in [0.1, 0.15) is 0 Å². The van der Waals surface area contributed by atoms with Crippen molar-refractivity contribution in [2.45, 2.75) is 39.7 Å². The van der Waals surface area contributed by atoms with E-state index >= 15 is 0 Å². The van der Waals surface area contributed by atoms with Gasteiger partial charge in [-0.15, -0.1) is 0 Å². The molecule has 2 heterocycles. The Labute approximate surface area is 156 Å². The predicted molar refractivity (Wildman–Crippen MR) is 104 cm³/mol. The van der Waals surface area contributed by atoms with E-state index in [1.165, 1.54) is 6.42 Å². The molecule has 5 nitrogen and oxygen atoms in total. The molecule has 0 bridgehead atoms. The van der Waals surface area contributed by atoms with Gasteiger partial charge in [-0.05, 0) is 37.3 Å². The molecular weight excluding hydrogens is 326 g/mol. The van der Waals surface area contributed by atoms with Crippen molar-refractivity contribution in [2.75, 3.05) is 31.1 Å². The smallest absolute Gasteiger partial charge is 0.227 e. The lowest BCUT2D eigenvalue weighted by Crippen LogP contribution is -2.48. The van der Waals surface area contributed by atoms with Crippen LogP contribution in [0.3, 0.4) is 0 Å². The Kier molecular flexibility index (Phi) is 5.97. The van der Waals surface area contributed by atoms with Gasteiger partial charge in [0.15, 0.2) is 0 Å². The third-order valence-electron chi connectivity index (χ3n) is 5.43. The fourth-order valence-electron chi connectivity index (χ4n) is 4.48. The molecule has 5 heteroatoms. The van der Waals surface area contributed by atoms with Crippen molar-refractivity contribution in [3.8, 4) is 0 Å². The van der Waals surface area contributed by atoms with E-state index < -0.39 is 0 Å². The highest BCUT2D eigenvalue weighted by Crippen LogP contribution is 2.25. The minimum absolute atomic E-state index is 0.00221. The lowest BCUT2D eigenvalue weighted by Gasteiger charge is -2.36. The average Bonchev–Trinajstić information content (AvgIpc) is 2.96. The van der Waals surface area contributed by atoms with Crippen LogP contribution < -0.4 is 10.2 Å². The molecule has 142 valence electrons. The van der Waals surface area contributed by atoms with Crippen LogP contribution in [0.2, 0.25) is 0 Å². The summed E-state index contributed by atoms with van der Waals surface area (Å²) < 4.78 is 0. The topological polar surface area (TPSA) is 52.7 Å². The summed E-state index contributed by atoms with van der Waals surface area (Å²) in [5, 5.41) is 3.13. The maximum Gasteiger partial charge on any atom is 0.227 e. The Hall–Kier alpha value is -1.88. The Morgan fingerprint density at radius 1 is 1.15 bits per heavy atom. The largest absolute Gasteiger partial charge is 0.352 e. The highest BCUT2D eigenvalue weighted by molar-refractivity contribution is 6.00. The van der Waals surface area contributed by atoms with Crippen LogP contribution in [-0.4, -0.2) is 48.9 Å². The van der Waals surface area contributed by atoms with Crippen LogP contribution in [0.25, 0.3) is 0 Å². The van der Waals surface area contributed by atoms with Gasteiger partial charge in [0.25, 0.3) is 0 Å². The highest BCUT2D eigenvalue weighted by atomic mass is 16.2. The van der Waals surface area contributed by atoms with Gasteiger partial charge in [0.05, 0.1) is 5.92 Å². The highest BCUT2D eigenvalue weighted by Gasteiger charge is 2.35. The molecule has 2 amide bonds. The number of amides is 2. The first-order valence-corrected chi connectivity index (χ1v) is 9.80. The Bertz CT molecular complexity index is 623. The van der Waals surface area contributed by atoms with E-state index in [2.05, 4.69) is 31.0 Å². The zero-order chi connectivity index (χ0) is 18.7. The minimum Gasteiger partial charge on any atom is -0.352 e. The third-order valence-corrected chi connectivity index (χ3v) is 5.43. The zero-order valence-electron chi connectivity index (χ0n) is 16.1. The van der Waals surface area contributed by atoms with Crippen molar-refractivity contribution in [3.05, 3.63) is 30.3 Å². The molecule has 0 aromatic heterocycles. The fraction of sp³-hybridized carbons (Fsp3) is 0.619. The number of nitrogens with one attached hydrogen (secondary N) is 1. The summed E-state index contributed by atoms with van der Waals surface area (Å²) in [6, 6.07) is 9.69. The van der Waals surface area contributed by atoms with E-state index in [0.717, 1.165) is 25.3 Å². The number of carbonyl (C=O) groups excluding carboxylic acids is 2. The van der Waals surface area contributed by atoms with Gasteiger partial charge in [-0.2, -0.15) is 0 Å². The lowest BCUT2D eigenvalue weighted by atomic mass is 9.91. The SMILES string of the molecule is C[C@@H]1C[C@H](C)CN(C[C@H](C)NC(=O)[C@H]2CC(=O)N(c3ccccc3)C2)C1. The first-order chi connectivity index (χ1) is 12.4. The van der Waals surface area contributed by atoms with Crippen LogP contribution >= 0.6 is 0 Å². The second-order valence-corrected chi connectivity index (χ2v) is 8.32. The maximum atomic E-state index is 12.6. The monoisotopic (exact) mass is 357 g/mol. The van der Waals surface area contributed by atoms with Crippen LogP contribution in [0.5, 0.6) is 0 Å². The van der Waals surface area contributed by atoms with Crippen LogP contribution in [0, 0.1) is 17.8 Å². The lowest BCUT2D eigenvalue weighted by molar-refractivity contribution is -0.127. The van der Waals surface area contributed by atoms with E-state index in [4.69, 9.17) is 0 Å². The molecule has 0 spiro atoms. The third kappa shape index (κ3) is 4.64. The van der Waals surface area contributed by atoms with Crippen LogP contribution in [0.15, 0.2) is 30.3 Å². The molecule has 0 aliphatic carbocycles. The van der Waals surface area contributed by atoms with Gasteiger partial charge in [-0.1, -0.05) is 32.0 Å². The van der Waals surface area contributed by atoms with E-state index in [9.17, 15) is 9.59 Å². The number of para-hydroxylation sites is 1. The minimum atomic E-state index is -0.260. The molecule has 0 radical (unpaired) electrons. The second kappa shape index (κ2) is 8.21. The summed E-state index contributed by atoms with van der Waals surface area (Å²) in [7, 11) is 0. The summed E-state index contributed by atoms with van der Waals surface area (Å²) in [4.78, 5) is 29.1. The van der Waals surface area contributed by atoms with Crippen molar-refractivity contribution < 1.29 is 9.59 Å². The molecule has 2 saturated heterocycles. The number of hydrogen-bond donors (Lipinski definition) is 1. The number of piperidine rings is 1. The number of carbonyl (C=O) groups is 2. The van der Waals surface area contributed by atoms with E-state index in [-0.39, 0.29) is 23.8 Å². The number of anilines is 1. The molecule has 0 unspecified atom stereocenters. The number of benzene rings is 1. The number of rotatable bonds is 5. The van der Waals surface area contributed by atoms with Crippen LogP contribution in [0.4, 0.5) is 5.69 Å². The molecule has 0 saturated carbocycles. The van der Waals surface area contributed by atoms with Gasteiger partial charge in [-0.25, -0.2) is 0 Å². The first-order valence-electron chi connectivity index (χ1n) is 9.80. The molecule has 2 fully saturated rings. The molecule has 4 atom stereocenters. The van der Waals surface area contributed by atoms with Gasteiger partial charge in [-0.3, -0.25) is 9.59 Å². The molecule has 2 aliphatic heterocycles. The normalized spacial score (nSPS) is 28.2. The van der Waals surface area contributed by atoms with Crippen molar-refractivity contribution in [2.24, 2.45) is 17.8 Å². The molecule has 26 heavy (non-hydrogen) atoms. The Morgan fingerprint density at radius 2 is 1.81 bits per heavy atom. The van der Waals surface area contributed by atoms with Crippen LogP contribution in [0.1, 0.15) is 33.6 Å². The van der Waals surface area contributed by atoms with E-state index in [1.807, 2.05) is 30.3 Å². The molecular formula is C21H31N3O2. The summed E-state index contributed by atoms with van der Waals surface area (Å²) in [6.45, 7) is 10.2. The van der Waals surface area contributed by atoms with Gasteiger partial charge in [0.2, 0.25) is 11.8 Å². The number of likely N-dealkylation sites (tertiary alicyclic amines) is 1. The van der Waals surface area contributed by atoms with Crippen molar-refractivity contribution in [1.29, 1.82) is 0 Å². The maximum absolute atomic E-state index is 12.6. The van der Waals surface area contributed by atoms with Gasteiger partial charge < -0.3 is 15.1 Å². The summed E-state index contributed by atoms with van der Waals surface area (Å²) in [5.74, 6) is 1.21. The number of nitrogens with zero attached hydrogens (tertiary/aromatic N) is 2. The molecule has 1 aromatic rings. The van der Waals surface area contributed by atoms with Crippen LogP contribution in [-0.2, 0) is 9.59 Å². The van der Waals surface area contributed by atoms with Gasteiger partial charge >= 0.3 is 0 Å². The quantitative estimate of drug-likeness (QED) is 0.881. The standard InChI is InChI=1S/C21H31N3O2/c1-15-9-16(2)12-23(11-15)13-17(3)22-21(26)18-10-20(25)24(14-18)19-7-5-4-6-8-19/h4-8,15-18H,9-14H2,1-3H3,(H,22,26)/t15-,16+,17-,18-/m0/s1. The molecule has 1 N–H and O–H groups in total. The predicted octanol–water partition coefficient (Wildman–Crippen LogP) is 2.52.